The van der Waals surface area contributed by atoms with Gasteiger partial charge in [-0.1, -0.05) is 277 Å². The van der Waals surface area contributed by atoms with Crippen LogP contribution in [0.3, 0.4) is 0 Å². The molecule has 6 nitrogen and oxygen atoms in total. The van der Waals surface area contributed by atoms with Crippen LogP contribution >= 0.6 is 0 Å². The molecule has 1 atom stereocenters. The van der Waals surface area contributed by atoms with Gasteiger partial charge in [-0.2, -0.15) is 0 Å². The van der Waals surface area contributed by atoms with Gasteiger partial charge >= 0.3 is 17.9 Å². The monoisotopic (exact) mass is 1110 g/mol. The van der Waals surface area contributed by atoms with Gasteiger partial charge in [0.15, 0.2) is 6.10 Å². The standard InChI is InChI=1S/C74H124O6/c1-4-7-10-13-16-19-22-25-28-31-33-35-36-37-38-40-41-43-46-49-52-55-58-61-64-67-73(76)79-70-71(69-78-72(75)66-63-60-57-54-51-48-45-30-27-24-21-18-15-12-9-6-3)80-74(77)68-65-62-59-56-53-50-47-44-42-39-34-32-29-26-23-20-17-14-11-8-5-2/h8,11,17,20-22,24-26,29-31,33-34,36-37,39,44-45,47,71H,4-7,9-10,12-16,18-19,23,27-28,32,35,38,40-43,46,48-70H2,1-3H3/b11-8-,20-17-,24-21-,25-22-,29-26-,33-31-,37-36-,39-34-,45-30-,47-44-. The maximum atomic E-state index is 12.9. The Bertz CT molecular complexity index is 1650. The van der Waals surface area contributed by atoms with Crippen molar-refractivity contribution in [1.82, 2.24) is 0 Å². The third-order valence-corrected chi connectivity index (χ3v) is 14.2. The SMILES string of the molecule is CC/C=C\C/C=C\C/C=C\C/C=C\C/C=C\CCCCCCCC(=O)OC(COC(=O)CCCCCCC/C=C\C/C=C\CCCCCC)COC(=O)CCCCCCCCCCCC/C=C\C/C=C\C/C=C\CCCCCCC. The Balaban J connectivity index is 4.43. The van der Waals surface area contributed by atoms with E-state index in [1.807, 2.05) is 0 Å². The molecule has 0 aliphatic rings. The first-order valence-corrected chi connectivity index (χ1v) is 33.5. The van der Waals surface area contributed by atoms with Crippen molar-refractivity contribution in [1.29, 1.82) is 0 Å². The largest absolute Gasteiger partial charge is 0.462 e. The number of carbonyl (C=O) groups excluding carboxylic acids is 3. The molecule has 0 aromatic heterocycles. The first kappa shape index (κ1) is 75.8. The number of carbonyl (C=O) groups is 3. The maximum absolute atomic E-state index is 12.9. The predicted octanol–water partition coefficient (Wildman–Crippen LogP) is 23.2. The molecular formula is C74H124O6. The van der Waals surface area contributed by atoms with Crippen molar-refractivity contribution < 1.29 is 28.6 Å². The van der Waals surface area contributed by atoms with Crippen molar-refractivity contribution in [3.63, 3.8) is 0 Å². The Morgan fingerprint density at radius 3 is 0.775 bits per heavy atom. The van der Waals surface area contributed by atoms with Crippen LogP contribution in [0.4, 0.5) is 0 Å². The lowest BCUT2D eigenvalue weighted by Crippen LogP contribution is -2.30. The fourth-order valence-electron chi connectivity index (χ4n) is 9.15. The molecule has 6 heteroatoms. The van der Waals surface area contributed by atoms with Crippen LogP contribution in [0.2, 0.25) is 0 Å². The van der Waals surface area contributed by atoms with Crippen molar-refractivity contribution in [3.8, 4) is 0 Å². The molecule has 0 spiro atoms. The quantitative estimate of drug-likeness (QED) is 0.0261. The molecule has 1 unspecified atom stereocenters. The minimum absolute atomic E-state index is 0.0947. The summed E-state index contributed by atoms with van der Waals surface area (Å²) >= 11 is 0. The van der Waals surface area contributed by atoms with Gasteiger partial charge in [-0.05, 0) is 135 Å². The highest BCUT2D eigenvalue weighted by Gasteiger charge is 2.19. The van der Waals surface area contributed by atoms with Crippen molar-refractivity contribution in [2.45, 2.75) is 316 Å². The average Bonchev–Trinajstić information content (AvgIpc) is 3.46. The Morgan fingerprint density at radius 1 is 0.263 bits per heavy atom. The van der Waals surface area contributed by atoms with Gasteiger partial charge < -0.3 is 14.2 Å². The minimum atomic E-state index is -0.802. The number of allylic oxidation sites excluding steroid dienone is 20. The molecule has 0 radical (unpaired) electrons. The second-order valence-corrected chi connectivity index (χ2v) is 22.0. The van der Waals surface area contributed by atoms with Crippen LogP contribution in [-0.4, -0.2) is 37.2 Å². The van der Waals surface area contributed by atoms with E-state index in [1.165, 1.54) is 122 Å². The van der Waals surface area contributed by atoms with E-state index in [2.05, 4.69) is 142 Å². The van der Waals surface area contributed by atoms with E-state index < -0.39 is 6.10 Å². The highest BCUT2D eigenvalue weighted by molar-refractivity contribution is 5.71. The minimum Gasteiger partial charge on any atom is -0.462 e. The average molecular weight is 1110 g/mol. The molecule has 456 valence electrons. The normalized spacial score (nSPS) is 12.9. The highest BCUT2D eigenvalue weighted by Crippen LogP contribution is 2.15. The summed E-state index contributed by atoms with van der Waals surface area (Å²) in [6.45, 7) is 6.49. The van der Waals surface area contributed by atoms with E-state index in [4.69, 9.17) is 14.2 Å². The highest BCUT2D eigenvalue weighted by atomic mass is 16.6. The summed E-state index contributed by atoms with van der Waals surface area (Å²) in [7, 11) is 0. The molecule has 0 heterocycles. The second-order valence-electron chi connectivity index (χ2n) is 22.0. The van der Waals surface area contributed by atoms with Gasteiger partial charge in [0.1, 0.15) is 13.2 Å². The van der Waals surface area contributed by atoms with Gasteiger partial charge in [0.05, 0.1) is 0 Å². The van der Waals surface area contributed by atoms with Crippen LogP contribution in [0.15, 0.2) is 122 Å². The number of ether oxygens (including phenoxy) is 3. The van der Waals surface area contributed by atoms with E-state index in [9.17, 15) is 14.4 Å². The van der Waals surface area contributed by atoms with E-state index in [0.29, 0.717) is 19.3 Å². The molecule has 0 aliphatic heterocycles. The molecule has 0 saturated carbocycles. The summed E-state index contributed by atoms with van der Waals surface area (Å²) in [5.41, 5.74) is 0. The molecule has 0 aromatic rings. The lowest BCUT2D eigenvalue weighted by atomic mass is 10.1. The maximum Gasteiger partial charge on any atom is 0.306 e. The summed E-state index contributed by atoms with van der Waals surface area (Å²) in [6, 6.07) is 0. The number of unbranched alkanes of at least 4 members (excludes halogenated alkanes) is 29. The number of hydrogen-bond donors (Lipinski definition) is 0. The van der Waals surface area contributed by atoms with E-state index in [1.54, 1.807) is 0 Å². The second kappa shape index (κ2) is 67.3. The molecule has 0 bridgehead atoms. The molecule has 0 amide bonds. The molecule has 0 fully saturated rings. The van der Waals surface area contributed by atoms with Gasteiger partial charge in [-0.25, -0.2) is 0 Å². The molecule has 0 rings (SSSR count). The number of rotatable bonds is 60. The predicted molar refractivity (Wildman–Crippen MR) is 348 cm³/mol. The van der Waals surface area contributed by atoms with Crippen molar-refractivity contribution >= 4 is 17.9 Å². The molecule has 80 heavy (non-hydrogen) atoms. The molecule has 0 aliphatic carbocycles. The molecule has 0 aromatic carbocycles. The van der Waals surface area contributed by atoms with E-state index in [0.717, 1.165) is 148 Å². The Hall–Kier alpha value is -4.19. The van der Waals surface area contributed by atoms with Crippen LogP contribution in [0.5, 0.6) is 0 Å². The topological polar surface area (TPSA) is 78.9 Å². The van der Waals surface area contributed by atoms with Crippen LogP contribution in [0, 0.1) is 0 Å². The summed E-state index contributed by atoms with van der Waals surface area (Å²) in [5.74, 6) is -0.925. The van der Waals surface area contributed by atoms with Gasteiger partial charge in [0, 0.05) is 19.3 Å². The van der Waals surface area contributed by atoms with Crippen LogP contribution in [0.1, 0.15) is 310 Å². The first-order valence-electron chi connectivity index (χ1n) is 33.5. The molecule has 0 N–H and O–H groups in total. The lowest BCUT2D eigenvalue weighted by Gasteiger charge is -2.18. The van der Waals surface area contributed by atoms with Gasteiger partial charge in [-0.15, -0.1) is 0 Å². The lowest BCUT2D eigenvalue weighted by molar-refractivity contribution is -0.167. The summed E-state index contributed by atoms with van der Waals surface area (Å²) < 4.78 is 16.9. The van der Waals surface area contributed by atoms with Crippen molar-refractivity contribution in [2.75, 3.05) is 13.2 Å². The van der Waals surface area contributed by atoms with Crippen LogP contribution in [0.25, 0.3) is 0 Å². The van der Waals surface area contributed by atoms with E-state index in [-0.39, 0.29) is 31.1 Å². The fraction of sp³-hybridized carbons (Fsp3) is 0.689. The Morgan fingerprint density at radius 2 is 0.487 bits per heavy atom. The van der Waals surface area contributed by atoms with E-state index >= 15 is 0 Å². The van der Waals surface area contributed by atoms with Gasteiger partial charge in [0.2, 0.25) is 0 Å². The zero-order valence-corrected chi connectivity index (χ0v) is 52.3. The zero-order valence-electron chi connectivity index (χ0n) is 52.3. The fourth-order valence-corrected chi connectivity index (χ4v) is 9.15. The van der Waals surface area contributed by atoms with Crippen molar-refractivity contribution in [2.24, 2.45) is 0 Å². The summed E-state index contributed by atoms with van der Waals surface area (Å²) in [6.07, 6.45) is 93.4. The molecule has 0 saturated heterocycles. The summed E-state index contributed by atoms with van der Waals surface area (Å²) in [5, 5.41) is 0. The van der Waals surface area contributed by atoms with Gasteiger partial charge in [0.25, 0.3) is 0 Å². The molecular weight excluding hydrogens is 985 g/mol. The van der Waals surface area contributed by atoms with Crippen LogP contribution in [-0.2, 0) is 28.6 Å². The number of hydrogen-bond acceptors (Lipinski definition) is 6. The third-order valence-electron chi connectivity index (χ3n) is 14.2. The summed E-state index contributed by atoms with van der Waals surface area (Å²) in [4.78, 5) is 38.4. The Kier molecular flexibility index (Phi) is 63.8. The van der Waals surface area contributed by atoms with Crippen LogP contribution < -0.4 is 0 Å². The Labute approximate surface area is 494 Å². The number of esters is 3. The van der Waals surface area contributed by atoms with Crippen molar-refractivity contribution in [3.05, 3.63) is 122 Å². The smallest absolute Gasteiger partial charge is 0.306 e. The van der Waals surface area contributed by atoms with Gasteiger partial charge in [-0.3, -0.25) is 14.4 Å². The zero-order chi connectivity index (χ0) is 57.8. The first-order chi connectivity index (χ1) is 39.5. The third kappa shape index (κ3) is 64.6.